The molecule has 14 heavy (non-hydrogen) atoms. The molecule has 0 saturated heterocycles. The molecule has 0 aromatic carbocycles. The summed E-state index contributed by atoms with van der Waals surface area (Å²) in [6.07, 6.45) is 3.56. The number of thiophene rings is 1. The van der Waals surface area contributed by atoms with Crippen LogP contribution in [0.4, 0.5) is 0 Å². The molecule has 2 nitrogen and oxygen atoms in total. The molecule has 0 fully saturated rings. The smallest absolute Gasteiger partial charge is 0.0661 e. The minimum atomic E-state index is -0.0694. The molecule has 2 heterocycles. The molecule has 0 bridgehead atoms. The van der Waals surface area contributed by atoms with E-state index in [-0.39, 0.29) is 6.04 Å². The van der Waals surface area contributed by atoms with Crippen molar-refractivity contribution >= 4 is 27.3 Å². The summed E-state index contributed by atoms with van der Waals surface area (Å²) < 4.78 is 0.960. The van der Waals surface area contributed by atoms with Crippen LogP contribution >= 0.6 is 27.3 Å². The zero-order valence-corrected chi connectivity index (χ0v) is 9.75. The highest BCUT2D eigenvalue weighted by atomic mass is 79.9. The van der Waals surface area contributed by atoms with Crippen molar-refractivity contribution in [2.45, 2.75) is 6.04 Å². The molecule has 2 aromatic rings. The number of rotatable bonds is 2. The van der Waals surface area contributed by atoms with Crippen LogP contribution in [0.5, 0.6) is 0 Å². The molecule has 2 rings (SSSR count). The van der Waals surface area contributed by atoms with Gasteiger partial charge >= 0.3 is 0 Å². The van der Waals surface area contributed by atoms with Gasteiger partial charge < -0.3 is 5.73 Å². The zero-order chi connectivity index (χ0) is 9.97. The normalized spacial score (nSPS) is 12.7. The third-order valence-corrected chi connectivity index (χ3v) is 3.32. The number of hydrogen-bond donors (Lipinski definition) is 1. The topological polar surface area (TPSA) is 38.9 Å². The maximum atomic E-state index is 6.08. The Labute approximate surface area is 94.9 Å². The lowest BCUT2D eigenvalue weighted by molar-refractivity contribution is 0.882. The molecule has 0 amide bonds. The average Bonchev–Trinajstić information content (AvgIpc) is 2.69. The molecular formula is C10H9BrN2S. The molecular weight excluding hydrogens is 260 g/mol. The highest BCUT2D eigenvalue weighted by molar-refractivity contribution is 9.10. The molecule has 0 aliphatic heterocycles. The number of aromatic nitrogens is 1. The molecule has 4 heteroatoms. The quantitative estimate of drug-likeness (QED) is 0.910. The standard InChI is InChI=1S/C10H9BrN2S/c11-8-4-7(5-13-6-8)10(12)9-2-1-3-14-9/h1-6,10H,12H2. The first-order valence-electron chi connectivity index (χ1n) is 4.17. The summed E-state index contributed by atoms with van der Waals surface area (Å²) in [5, 5.41) is 2.03. The summed E-state index contributed by atoms with van der Waals surface area (Å²) in [5.41, 5.74) is 7.11. The fraction of sp³-hybridized carbons (Fsp3) is 0.100. The Morgan fingerprint density at radius 3 is 2.93 bits per heavy atom. The SMILES string of the molecule is NC(c1cncc(Br)c1)c1cccs1. The Morgan fingerprint density at radius 1 is 1.43 bits per heavy atom. The van der Waals surface area contributed by atoms with Gasteiger partial charge in [-0.15, -0.1) is 11.3 Å². The summed E-state index contributed by atoms with van der Waals surface area (Å²) in [7, 11) is 0. The molecule has 0 aliphatic rings. The molecule has 0 radical (unpaired) electrons. The van der Waals surface area contributed by atoms with Crippen molar-refractivity contribution in [2.24, 2.45) is 5.73 Å². The summed E-state index contributed by atoms with van der Waals surface area (Å²) in [6.45, 7) is 0. The second-order valence-electron chi connectivity index (χ2n) is 2.93. The van der Waals surface area contributed by atoms with Gasteiger partial charge in [0.25, 0.3) is 0 Å². The van der Waals surface area contributed by atoms with Crippen LogP contribution in [0.25, 0.3) is 0 Å². The molecule has 1 unspecified atom stereocenters. The predicted octanol–water partition coefficient (Wildman–Crippen LogP) is 2.95. The fourth-order valence-corrected chi connectivity index (χ4v) is 2.37. The third-order valence-electron chi connectivity index (χ3n) is 1.93. The van der Waals surface area contributed by atoms with Crippen molar-refractivity contribution in [3.63, 3.8) is 0 Å². The van der Waals surface area contributed by atoms with Crippen molar-refractivity contribution in [3.8, 4) is 0 Å². The summed E-state index contributed by atoms with van der Waals surface area (Å²) >= 11 is 5.04. The van der Waals surface area contributed by atoms with Crippen LogP contribution in [0.2, 0.25) is 0 Å². The predicted molar refractivity (Wildman–Crippen MR) is 62.3 cm³/mol. The molecule has 0 saturated carbocycles. The van der Waals surface area contributed by atoms with E-state index < -0.39 is 0 Å². The van der Waals surface area contributed by atoms with E-state index in [9.17, 15) is 0 Å². The van der Waals surface area contributed by atoms with E-state index in [1.54, 1.807) is 23.7 Å². The lowest BCUT2D eigenvalue weighted by atomic mass is 10.1. The minimum absolute atomic E-state index is 0.0694. The Kier molecular flexibility index (Phi) is 2.96. The average molecular weight is 269 g/mol. The van der Waals surface area contributed by atoms with Crippen LogP contribution in [0.1, 0.15) is 16.5 Å². The summed E-state index contributed by atoms with van der Waals surface area (Å²) in [5.74, 6) is 0. The lowest BCUT2D eigenvalue weighted by Crippen LogP contribution is -2.10. The molecule has 0 spiro atoms. The Balaban J connectivity index is 2.32. The van der Waals surface area contributed by atoms with Crippen LogP contribution < -0.4 is 5.73 Å². The van der Waals surface area contributed by atoms with Gasteiger partial charge in [0, 0.05) is 21.7 Å². The van der Waals surface area contributed by atoms with Crippen LogP contribution in [-0.2, 0) is 0 Å². The summed E-state index contributed by atoms with van der Waals surface area (Å²) in [6, 6.07) is 5.97. The van der Waals surface area contributed by atoms with Crippen molar-refractivity contribution < 1.29 is 0 Å². The van der Waals surface area contributed by atoms with Gasteiger partial charge in [-0.1, -0.05) is 6.07 Å². The number of halogens is 1. The first-order valence-corrected chi connectivity index (χ1v) is 5.84. The van der Waals surface area contributed by atoms with E-state index in [4.69, 9.17) is 5.73 Å². The number of pyridine rings is 1. The summed E-state index contributed by atoms with van der Waals surface area (Å²) in [4.78, 5) is 5.25. The molecule has 0 aliphatic carbocycles. The Bertz CT molecular complexity index is 414. The lowest BCUT2D eigenvalue weighted by Gasteiger charge is -2.09. The van der Waals surface area contributed by atoms with Crippen LogP contribution in [0.15, 0.2) is 40.4 Å². The maximum absolute atomic E-state index is 6.08. The monoisotopic (exact) mass is 268 g/mol. The van der Waals surface area contributed by atoms with Gasteiger partial charge in [-0.05, 0) is 39.0 Å². The van der Waals surface area contributed by atoms with Gasteiger partial charge in [-0.2, -0.15) is 0 Å². The first-order chi connectivity index (χ1) is 6.77. The van der Waals surface area contributed by atoms with E-state index in [1.807, 2.05) is 23.6 Å². The molecule has 2 N–H and O–H groups in total. The van der Waals surface area contributed by atoms with Gasteiger partial charge in [0.15, 0.2) is 0 Å². The van der Waals surface area contributed by atoms with Crippen LogP contribution in [0, 0.1) is 0 Å². The first kappa shape index (κ1) is 9.83. The number of nitrogens with zero attached hydrogens (tertiary/aromatic N) is 1. The van der Waals surface area contributed by atoms with E-state index in [2.05, 4.69) is 20.9 Å². The second kappa shape index (κ2) is 4.21. The van der Waals surface area contributed by atoms with Crippen LogP contribution in [-0.4, -0.2) is 4.98 Å². The van der Waals surface area contributed by atoms with Gasteiger partial charge in [-0.3, -0.25) is 4.98 Å². The van der Waals surface area contributed by atoms with E-state index >= 15 is 0 Å². The zero-order valence-electron chi connectivity index (χ0n) is 7.35. The largest absolute Gasteiger partial charge is 0.320 e. The van der Waals surface area contributed by atoms with E-state index in [1.165, 1.54) is 0 Å². The minimum Gasteiger partial charge on any atom is -0.320 e. The van der Waals surface area contributed by atoms with Gasteiger partial charge in [0.2, 0.25) is 0 Å². The van der Waals surface area contributed by atoms with Crippen molar-refractivity contribution in [1.82, 2.24) is 4.98 Å². The van der Waals surface area contributed by atoms with Crippen molar-refractivity contribution in [3.05, 3.63) is 50.9 Å². The van der Waals surface area contributed by atoms with Crippen molar-refractivity contribution in [1.29, 1.82) is 0 Å². The molecule has 2 aromatic heterocycles. The van der Waals surface area contributed by atoms with E-state index in [0.29, 0.717) is 0 Å². The van der Waals surface area contributed by atoms with Gasteiger partial charge in [0.1, 0.15) is 0 Å². The highest BCUT2D eigenvalue weighted by Gasteiger charge is 2.09. The molecule has 72 valence electrons. The Morgan fingerprint density at radius 2 is 2.29 bits per heavy atom. The van der Waals surface area contributed by atoms with Crippen molar-refractivity contribution in [2.75, 3.05) is 0 Å². The highest BCUT2D eigenvalue weighted by Crippen LogP contribution is 2.24. The number of hydrogen-bond acceptors (Lipinski definition) is 3. The Hall–Kier alpha value is -0.710. The molecule has 1 atom stereocenters. The number of nitrogens with two attached hydrogens (primary N) is 1. The second-order valence-corrected chi connectivity index (χ2v) is 4.82. The fourth-order valence-electron chi connectivity index (χ4n) is 1.23. The van der Waals surface area contributed by atoms with Gasteiger partial charge in [-0.25, -0.2) is 0 Å². The van der Waals surface area contributed by atoms with Crippen LogP contribution in [0.3, 0.4) is 0 Å². The van der Waals surface area contributed by atoms with E-state index in [0.717, 1.165) is 14.9 Å². The van der Waals surface area contributed by atoms with Gasteiger partial charge in [0.05, 0.1) is 6.04 Å². The third kappa shape index (κ3) is 2.03. The maximum Gasteiger partial charge on any atom is 0.0661 e.